The third kappa shape index (κ3) is 17.7. The maximum Gasteiger partial charge on any atom is 0.220 e. The van der Waals surface area contributed by atoms with Crippen LogP contribution in [0.1, 0.15) is 149 Å². The first-order valence-electron chi connectivity index (χ1n) is 17.8. The standard InChI is InChI=1S/C34H67NO9/c1-3-5-7-9-11-12-13-14-15-17-18-20-22-27(37)30(39)26(35-29(38)23-21-19-16-10-8-6-4-2)25-43-34-33(42)32(41)31(40)28(24-36)44-34/h26-28,30-34,36-37,39-42H,3-25H2,1-2H3,(H,35,38)/t26-,27+,28+,30-,31+,32?,33?,34+/m0/s1. The Balaban J connectivity index is 2.53. The number of hydrogen-bond acceptors (Lipinski definition) is 9. The van der Waals surface area contributed by atoms with E-state index in [1.54, 1.807) is 0 Å². The Bertz CT molecular complexity index is 683. The molecular weight excluding hydrogens is 566 g/mol. The summed E-state index contributed by atoms with van der Waals surface area (Å²) in [6, 6.07) is -0.980. The number of aliphatic hydroxyl groups is 6. The Labute approximate surface area is 266 Å². The van der Waals surface area contributed by atoms with Crippen LogP contribution >= 0.6 is 0 Å². The molecule has 1 aliphatic heterocycles. The molecule has 262 valence electrons. The minimum absolute atomic E-state index is 0.266. The summed E-state index contributed by atoms with van der Waals surface area (Å²) in [4.78, 5) is 12.8. The molecule has 0 aromatic carbocycles. The van der Waals surface area contributed by atoms with Gasteiger partial charge in [0.05, 0.1) is 25.4 Å². The Morgan fingerprint density at radius 1 is 0.705 bits per heavy atom. The lowest BCUT2D eigenvalue weighted by Crippen LogP contribution is -2.60. The molecule has 44 heavy (non-hydrogen) atoms. The molecule has 1 saturated heterocycles. The van der Waals surface area contributed by atoms with Crippen molar-refractivity contribution in [2.75, 3.05) is 13.2 Å². The second-order valence-corrected chi connectivity index (χ2v) is 12.8. The van der Waals surface area contributed by atoms with Crippen molar-refractivity contribution in [1.82, 2.24) is 5.32 Å². The number of carbonyl (C=O) groups is 1. The minimum Gasteiger partial charge on any atom is -0.394 e. The van der Waals surface area contributed by atoms with Gasteiger partial charge in [-0.3, -0.25) is 4.79 Å². The predicted octanol–water partition coefficient (Wildman–Crippen LogP) is 4.24. The smallest absolute Gasteiger partial charge is 0.220 e. The molecule has 0 saturated carbocycles. The quantitative estimate of drug-likeness (QED) is 0.0623. The van der Waals surface area contributed by atoms with Crippen LogP contribution in [-0.4, -0.2) is 98.7 Å². The average molecular weight is 634 g/mol. The summed E-state index contributed by atoms with van der Waals surface area (Å²) >= 11 is 0. The highest BCUT2D eigenvalue weighted by atomic mass is 16.7. The first-order chi connectivity index (χ1) is 21.3. The van der Waals surface area contributed by atoms with E-state index >= 15 is 0 Å². The van der Waals surface area contributed by atoms with Crippen LogP contribution in [0.2, 0.25) is 0 Å². The molecule has 1 fully saturated rings. The van der Waals surface area contributed by atoms with Crippen molar-refractivity contribution in [3.05, 3.63) is 0 Å². The first-order valence-corrected chi connectivity index (χ1v) is 17.8. The van der Waals surface area contributed by atoms with E-state index in [9.17, 15) is 35.4 Å². The summed E-state index contributed by atoms with van der Waals surface area (Å²) in [5.74, 6) is -0.266. The normalized spacial score (nSPS) is 24.2. The second kappa shape index (κ2) is 26.2. The molecule has 1 aliphatic rings. The Kier molecular flexibility index (Phi) is 24.6. The zero-order valence-corrected chi connectivity index (χ0v) is 27.8. The molecule has 1 heterocycles. The summed E-state index contributed by atoms with van der Waals surface area (Å²) in [5, 5.41) is 64.4. The Morgan fingerprint density at radius 2 is 1.18 bits per heavy atom. The SMILES string of the molecule is CCCCCCCCCCCCCC[C@@H](O)[C@@H](O)[C@H](CO[C@@H]1O[C@H](CO)[C@@H](O)C(O)C1O)NC(=O)CCCCCCCCC. The van der Waals surface area contributed by atoms with E-state index in [1.165, 1.54) is 70.6 Å². The fourth-order valence-corrected chi connectivity index (χ4v) is 5.78. The molecule has 0 bridgehead atoms. The molecule has 8 atom stereocenters. The molecule has 1 rings (SSSR count). The summed E-state index contributed by atoms with van der Waals surface area (Å²) in [6.07, 6.45) is 12.8. The number of unbranched alkanes of at least 4 members (excludes halogenated alkanes) is 17. The monoisotopic (exact) mass is 633 g/mol. The molecule has 10 nitrogen and oxygen atoms in total. The Morgan fingerprint density at radius 3 is 1.68 bits per heavy atom. The van der Waals surface area contributed by atoms with Crippen molar-refractivity contribution >= 4 is 5.91 Å². The number of rotatable bonds is 28. The largest absolute Gasteiger partial charge is 0.394 e. The van der Waals surface area contributed by atoms with E-state index in [0.29, 0.717) is 6.42 Å². The zero-order valence-electron chi connectivity index (χ0n) is 27.8. The van der Waals surface area contributed by atoms with Gasteiger partial charge in [0.15, 0.2) is 6.29 Å². The molecule has 1 amide bonds. The molecule has 2 unspecified atom stereocenters. The third-order valence-electron chi connectivity index (χ3n) is 8.80. The van der Waals surface area contributed by atoms with Gasteiger partial charge in [-0.2, -0.15) is 0 Å². The predicted molar refractivity (Wildman–Crippen MR) is 172 cm³/mol. The summed E-state index contributed by atoms with van der Waals surface area (Å²) in [6.45, 7) is 3.51. The molecule has 10 heteroatoms. The number of ether oxygens (including phenoxy) is 2. The van der Waals surface area contributed by atoms with Crippen molar-refractivity contribution in [3.8, 4) is 0 Å². The van der Waals surface area contributed by atoms with Gasteiger partial charge in [0.25, 0.3) is 0 Å². The number of carbonyl (C=O) groups excluding carboxylic acids is 1. The number of aliphatic hydroxyl groups excluding tert-OH is 6. The molecule has 0 aromatic rings. The second-order valence-electron chi connectivity index (χ2n) is 12.8. The lowest BCUT2D eigenvalue weighted by Gasteiger charge is -2.40. The highest BCUT2D eigenvalue weighted by Gasteiger charge is 2.44. The van der Waals surface area contributed by atoms with Gasteiger partial charge in [-0.05, 0) is 12.8 Å². The van der Waals surface area contributed by atoms with Gasteiger partial charge in [0.2, 0.25) is 5.91 Å². The number of amides is 1. The van der Waals surface area contributed by atoms with Crippen molar-refractivity contribution in [1.29, 1.82) is 0 Å². The highest BCUT2D eigenvalue weighted by Crippen LogP contribution is 2.23. The fraction of sp³-hybridized carbons (Fsp3) is 0.971. The lowest BCUT2D eigenvalue weighted by molar-refractivity contribution is -0.303. The molecule has 7 N–H and O–H groups in total. The van der Waals surface area contributed by atoms with Gasteiger partial charge < -0.3 is 45.4 Å². The van der Waals surface area contributed by atoms with Crippen molar-refractivity contribution in [3.63, 3.8) is 0 Å². The van der Waals surface area contributed by atoms with E-state index in [-0.39, 0.29) is 18.9 Å². The topological polar surface area (TPSA) is 169 Å². The number of nitrogens with one attached hydrogen (secondary N) is 1. The maximum atomic E-state index is 12.8. The van der Waals surface area contributed by atoms with E-state index in [2.05, 4.69) is 19.2 Å². The summed E-state index contributed by atoms with van der Waals surface area (Å²) < 4.78 is 11.0. The van der Waals surface area contributed by atoms with Crippen LogP contribution in [0, 0.1) is 0 Å². The average Bonchev–Trinajstić information content (AvgIpc) is 3.02. The lowest BCUT2D eigenvalue weighted by atomic mass is 9.98. The van der Waals surface area contributed by atoms with Crippen LogP contribution in [0.5, 0.6) is 0 Å². The van der Waals surface area contributed by atoms with Gasteiger partial charge >= 0.3 is 0 Å². The zero-order chi connectivity index (χ0) is 32.6. The van der Waals surface area contributed by atoms with E-state index < -0.39 is 55.6 Å². The van der Waals surface area contributed by atoms with E-state index in [1.807, 2.05) is 0 Å². The summed E-state index contributed by atoms with van der Waals surface area (Å²) in [5.41, 5.74) is 0. The molecule has 0 aliphatic carbocycles. The van der Waals surface area contributed by atoms with Crippen LogP contribution in [0.15, 0.2) is 0 Å². The summed E-state index contributed by atoms with van der Waals surface area (Å²) in [7, 11) is 0. The van der Waals surface area contributed by atoms with Gasteiger partial charge in [-0.25, -0.2) is 0 Å². The maximum absolute atomic E-state index is 12.8. The van der Waals surface area contributed by atoms with Gasteiger partial charge in [0.1, 0.15) is 30.5 Å². The van der Waals surface area contributed by atoms with Crippen LogP contribution in [0.3, 0.4) is 0 Å². The Hall–Kier alpha value is -0.850. The van der Waals surface area contributed by atoms with Crippen molar-refractivity contribution in [2.45, 2.75) is 198 Å². The first kappa shape index (κ1) is 41.2. The van der Waals surface area contributed by atoms with E-state index in [4.69, 9.17) is 9.47 Å². The molecule has 0 aromatic heterocycles. The van der Waals surface area contributed by atoms with Gasteiger partial charge in [0, 0.05) is 6.42 Å². The van der Waals surface area contributed by atoms with E-state index in [0.717, 1.165) is 51.4 Å². The van der Waals surface area contributed by atoms with Crippen LogP contribution in [0.4, 0.5) is 0 Å². The molecule has 0 radical (unpaired) electrons. The van der Waals surface area contributed by atoms with Crippen LogP contribution < -0.4 is 5.32 Å². The van der Waals surface area contributed by atoms with Crippen LogP contribution in [0.25, 0.3) is 0 Å². The van der Waals surface area contributed by atoms with Gasteiger partial charge in [-0.15, -0.1) is 0 Å². The van der Waals surface area contributed by atoms with Gasteiger partial charge in [-0.1, -0.05) is 129 Å². The van der Waals surface area contributed by atoms with Crippen molar-refractivity contribution < 1.29 is 44.9 Å². The third-order valence-corrected chi connectivity index (χ3v) is 8.80. The van der Waals surface area contributed by atoms with Crippen molar-refractivity contribution in [2.24, 2.45) is 0 Å². The highest BCUT2D eigenvalue weighted by molar-refractivity contribution is 5.76. The van der Waals surface area contributed by atoms with Crippen LogP contribution in [-0.2, 0) is 14.3 Å². The fourth-order valence-electron chi connectivity index (χ4n) is 5.78. The molecule has 0 spiro atoms. The molecular formula is C34H67NO9. The minimum atomic E-state index is -1.60. The number of hydrogen-bond donors (Lipinski definition) is 7.